The quantitative estimate of drug-likeness (QED) is 0.596. The lowest BCUT2D eigenvalue weighted by atomic mass is 9.97. The van der Waals surface area contributed by atoms with Gasteiger partial charge in [0.25, 0.3) is 0 Å². The molecule has 2 aromatic rings. The van der Waals surface area contributed by atoms with Crippen molar-refractivity contribution in [3.63, 3.8) is 0 Å². The monoisotopic (exact) mass is 215 g/mol. The Bertz CT molecular complexity index is 483. The van der Waals surface area contributed by atoms with Gasteiger partial charge in [-0.3, -0.25) is 0 Å². The van der Waals surface area contributed by atoms with Crippen LogP contribution in [0.3, 0.4) is 0 Å². The van der Waals surface area contributed by atoms with Crippen LogP contribution < -0.4 is 5.73 Å². The van der Waals surface area contributed by atoms with Crippen molar-refractivity contribution in [2.45, 2.75) is 26.7 Å². The highest BCUT2D eigenvalue weighted by Gasteiger charge is 2.05. The number of aromatic hydroxyl groups is 1. The van der Waals surface area contributed by atoms with E-state index in [9.17, 15) is 5.11 Å². The molecule has 0 unspecified atom stereocenters. The van der Waals surface area contributed by atoms with Crippen LogP contribution in [0.2, 0.25) is 0 Å². The van der Waals surface area contributed by atoms with Crippen LogP contribution in [0, 0.1) is 0 Å². The lowest BCUT2D eigenvalue weighted by Gasteiger charge is -2.09. The Kier molecular flexibility index (Phi) is 2.73. The molecule has 2 rings (SSSR count). The van der Waals surface area contributed by atoms with Gasteiger partial charge in [0.1, 0.15) is 5.75 Å². The van der Waals surface area contributed by atoms with E-state index in [-0.39, 0.29) is 5.75 Å². The summed E-state index contributed by atoms with van der Waals surface area (Å²) in [6.45, 7) is 4.31. The molecule has 0 fully saturated rings. The van der Waals surface area contributed by atoms with Crippen molar-refractivity contribution in [3.8, 4) is 5.75 Å². The molecule has 0 aromatic heterocycles. The lowest BCUT2D eigenvalue weighted by Crippen LogP contribution is -1.92. The summed E-state index contributed by atoms with van der Waals surface area (Å²) in [6.07, 6.45) is 2.05. The molecule has 0 saturated heterocycles. The fraction of sp³-hybridized carbons (Fsp3) is 0.286. The fourth-order valence-electron chi connectivity index (χ4n) is 2.11. The van der Waals surface area contributed by atoms with E-state index in [0.29, 0.717) is 5.69 Å². The van der Waals surface area contributed by atoms with Crippen molar-refractivity contribution in [2.75, 3.05) is 5.73 Å². The molecule has 0 aliphatic heterocycles. The second-order valence-corrected chi connectivity index (χ2v) is 4.09. The predicted molar refractivity (Wildman–Crippen MR) is 68.8 cm³/mol. The molecule has 16 heavy (non-hydrogen) atoms. The van der Waals surface area contributed by atoms with Crippen LogP contribution in [-0.4, -0.2) is 5.11 Å². The van der Waals surface area contributed by atoms with Gasteiger partial charge in [-0.25, -0.2) is 0 Å². The van der Waals surface area contributed by atoms with E-state index in [4.69, 9.17) is 5.73 Å². The second-order valence-electron chi connectivity index (χ2n) is 4.09. The van der Waals surface area contributed by atoms with Crippen molar-refractivity contribution < 1.29 is 5.11 Å². The number of anilines is 1. The van der Waals surface area contributed by atoms with Gasteiger partial charge in [0.15, 0.2) is 0 Å². The highest BCUT2D eigenvalue weighted by atomic mass is 16.3. The lowest BCUT2D eigenvalue weighted by molar-refractivity contribution is 0.479. The maximum atomic E-state index is 9.58. The van der Waals surface area contributed by atoms with Gasteiger partial charge in [-0.2, -0.15) is 0 Å². The maximum Gasteiger partial charge on any atom is 0.139 e. The summed E-state index contributed by atoms with van der Waals surface area (Å²) in [5.74, 6) is 0.166. The molecular formula is C14H17NO. The maximum absolute atomic E-state index is 9.58. The number of rotatable bonds is 2. The Morgan fingerprint density at radius 2 is 1.44 bits per heavy atom. The van der Waals surface area contributed by atoms with Crippen LogP contribution in [0.5, 0.6) is 5.75 Å². The minimum Gasteiger partial charge on any atom is -0.506 e. The molecule has 0 bridgehead atoms. The summed E-state index contributed by atoms with van der Waals surface area (Å²) in [7, 11) is 0. The Balaban J connectivity index is 2.73. The molecule has 0 aliphatic carbocycles. The van der Waals surface area contributed by atoms with Gasteiger partial charge in [-0.1, -0.05) is 26.0 Å². The van der Waals surface area contributed by atoms with Crippen molar-refractivity contribution in [1.29, 1.82) is 0 Å². The van der Waals surface area contributed by atoms with Gasteiger partial charge in [0.05, 0.1) is 5.69 Å². The summed E-state index contributed by atoms with van der Waals surface area (Å²) in [6, 6.07) is 7.89. The number of hydrogen-bond acceptors (Lipinski definition) is 2. The van der Waals surface area contributed by atoms with E-state index >= 15 is 0 Å². The first kappa shape index (κ1) is 10.8. The van der Waals surface area contributed by atoms with Crippen LogP contribution in [0.25, 0.3) is 10.8 Å². The Hall–Kier alpha value is -1.70. The molecule has 0 aliphatic rings. The number of nitrogen functional groups attached to an aromatic ring is 1. The van der Waals surface area contributed by atoms with Crippen LogP contribution in [-0.2, 0) is 12.8 Å². The first-order valence-electron chi connectivity index (χ1n) is 5.69. The normalized spacial score (nSPS) is 10.9. The van der Waals surface area contributed by atoms with Crippen LogP contribution in [0.15, 0.2) is 24.3 Å². The Morgan fingerprint density at radius 1 is 0.938 bits per heavy atom. The zero-order valence-corrected chi connectivity index (χ0v) is 9.75. The zero-order chi connectivity index (χ0) is 11.7. The number of benzene rings is 2. The van der Waals surface area contributed by atoms with Gasteiger partial charge < -0.3 is 10.8 Å². The SMILES string of the molecule is CCc1cc2cc(N)c(O)cc2cc1CC. The molecular weight excluding hydrogens is 198 g/mol. The Morgan fingerprint density at radius 3 is 1.94 bits per heavy atom. The molecule has 3 N–H and O–H groups in total. The van der Waals surface area contributed by atoms with Gasteiger partial charge in [0.2, 0.25) is 0 Å². The molecule has 0 heterocycles. The molecule has 84 valence electrons. The molecule has 2 nitrogen and oxygen atoms in total. The van der Waals surface area contributed by atoms with Crippen LogP contribution in [0.4, 0.5) is 5.69 Å². The van der Waals surface area contributed by atoms with E-state index < -0.39 is 0 Å². The minimum absolute atomic E-state index is 0.166. The largest absolute Gasteiger partial charge is 0.506 e. The smallest absolute Gasteiger partial charge is 0.139 e. The molecule has 0 atom stereocenters. The third-order valence-corrected chi connectivity index (χ3v) is 3.07. The van der Waals surface area contributed by atoms with Gasteiger partial charge in [0, 0.05) is 0 Å². The zero-order valence-electron chi connectivity index (χ0n) is 9.75. The third kappa shape index (κ3) is 1.71. The van der Waals surface area contributed by atoms with Crippen LogP contribution in [0.1, 0.15) is 25.0 Å². The second kappa shape index (κ2) is 4.05. The van der Waals surface area contributed by atoms with Crippen molar-refractivity contribution in [2.24, 2.45) is 0 Å². The summed E-state index contributed by atoms with van der Waals surface area (Å²) < 4.78 is 0. The van der Waals surface area contributed by atoms with E-state index in [1.807, 2.05) is 6.07 Å². The number of phenols is 1. The van der Waals surface area contributed by atoms with E-state index in [2.05, 4.69) is 26.0 Å². The molecule has 0 spiro atoms. The first-order valence-corrected chi connectivity index (χ1v) is 5.69. The van der Waals surface area contributed by atoms with Crippen molar-refractivity contribution in [1.82, 2.24) is 0 Å². The number of nitrogens with two attached hydrogens (primary N) is 1. The average molecular weight is 215 g/mol. The summed E-state index contributed by atoms with van der Waals surface area (Å²) in [5.41, 5.74) is 8.85. The summed E-state index contributed by atoms with van der Waals surface area (Å²) >= 11 is 0. The van der Waals surface area contributed by atoms with E-state index in [1.54, 1.807) is 6.07 Å². The molecule has 0 saturated carbocycles. The number of phenolic OH excluding ortho intramolecular Hbond substituents is 1. The van der Waals surface area contributed by atoms with E-state index in [1.165, 1.54) is 11.1 Å². The number of aryl methyl sites for hydroxylation is 2. The third-order valence-electron chi connectivity index (χ3n) is 3.07. The van der Waals surface area contributed by atoms with Crippen molar-refractivity contribution >= 4 is 16.5 Å². The molecule has 0 amide bonds. The minimum atomic E-state index is 0.166. The van der Waals surface area contributed by atoms with Crippen molar-refractivity contribution in [3.05, 3.63) is 35.4 Å². The van der Waals surface area contributed by atoms with Gasteiger partial charge in [-0.15, -0.1) is 0 Å². The average Bonchev–Trinajstić information content (AvgIpc) is 2.29. The van der Waals surface area contributed by atoms with E-state index in [0.717, 1.165) is 23.6 Å². The summed E-state index contributed by atoms with van der Waals surface area (Å²) in [5, 5.41) is 11.7. The fourth-order valence-corrected chi connectivity index (χ4v) is 2.11. The topological polar surface area (TPSA) is 46.2 Å². The molecule has 0 radical (unpaired) electrons. The standard InChI is InChI=1S/C14H17NO/c1-3-9-5-11-7-13(15)14(16)8-12(11)6-10(9)4-2/h5-8,16H,3-4,15H2,1-2H3. The summed E-state index contributed by atoms with van der Waals surface area (Å²) in [4.78, 5) is 0. The van der Waals surface area contributed by atoms with Gasteiger partial charge >= 0.3 is 0 Å². The number of hydrogen-bond donors (Lipinski definition) is 2. The highest BCUT2D eigenvalue weighted by molar-refractivity contribution is 5.89. The number of fused-ring (bicyclic) bond motifs is 1. The Labute approximate surface area is 95.7 Å². The van der Waals surface area contributed by atoms with Gasteiger partial charge in [-0.05, 0) is 46.9 Å². The first-order chi connectivity index (χ1) is 7.65. The highest BCUT2D eigenvalue weighted by Crippen LogP contribution is 2.29. The molecule has 2 aromatic carbocycles. The predicted octanol–water partition coefficient (Wildman–Crippen LogP) is 3.25. The molecule has 2 heteroatoms. The van der Waals surface area contributed by atoms with Crippen LogP contribution >= 0.6 is 0 Å².